The fourth-order valence-electron chi connectivity index (χ4n) is 1.70. The van der Waals surface area contributed by atoms with Crippen LogP contribution in [0.1, 0.15) is 5.76 Å². The minimum Gasteiger partial charge on any atom is -0.469 e. The van der Waals surface area contributed by atoms with Gasteiger partial charge in [-0.3, -0.25) is 0 Å². The molecule has 0 radical (unpaired) electrons. The van der Waals surface area contributed by atoms with Crippen LogP contribution in [-0.4, -0.2) is 31.3 Å². The summed E-state index contributed by atoms with van der Waals surface area (Å²) < 4.78 is 6.77. The van der Waals surface area contributed by atoms with Gasteiger partial charge in [-0.05, 0) is 18.2 Å². The number of nitrogens with one attached hydrogen (secondary N) is 1. The molecular weight excluding hydrogens is 258 g/mol. The molecule has 0 saturated heterocycles. The van der Waals surface area contributed by atoms with Crippen LogP contribution in [0, 0.1) is 0 Å². The lowest BCUT2D eigenvalue weighted by Gasteiger charge is -2.06. The van der Waals surface area contributed by atoms with E-state index in [0.29, 0.717) is 18.4 Å². The summed E-state index contributed by atoms with van der Waals surface area (Å²) in [6, 6.07) is 5.55. The van der Waals surface area contributed by atoms with E-state index in [0.717, 1.165) is 12.2 Å². The molecule has 0 fully saturated rings. The number of hydrogen-bond donors (Lipinski definition) is 2. The van der Waals surface area contributed by atoms with Crippen LogP contribution < -0.4 is 11.1 Å². The van der Waals surface area contributed by atoms with E-state index in [-0.39, 0.29) is 5.95 Å². The maximum absolute atomic E-state index is 5.67. The number of nitrogens with two attached hydrogens (primary N) is 1. The van der Waals surface area contributed by atoms with Crippen molar-refractivity contribution >= 4 is 11.9 Å². The first-order valence-electron chi connectivity index (χ1n) is 6.09. The molecule has 0 aromatic carbocycles. The zero-order valence-electron chi connectivity index (χ0n) is 10.6. The van der Waals surface area contributed by atoms with Crippen molar-refractivity contribution in [2.24, 2.45) is 0 Å². The molecule has 102 valence electrons. The number of anilines is 2. The average molecular weight is 271 g/mol. The summed E-state index contributed by atoms with van der Waals surface area (Å²) in [4.78, 5) is 12.3. The lowest BCUT2D eigenvalue weighted by molar-refractivity contribution is 0.512. The summed E-state index contributed by atoms with van der Waals surface area (Å²) in [6.45, 7) is 0.634. The Morgan fingerprint density at radius 2 is 2.20 bits per heavy atom. The molecule has 0 aliphatic carbocycles. The van der Waals surface area contributed by atoms with Crippen LogP contribution in [-0.2, 0) is 6.42 Å². The van der Waals surface area contributed by atoms with Crippen molar-refractivity contribution < 1.29 is 4.42 Å². The van der Waals surface area contributed by atoms with Crippen LogP contribution >= 0.6 is 0 Å². The molecule has 0 aliphatic heterocycles. The highest BCUT2D eigenvalue weighted by Gasteiger charge is 2.06. The molecule has 3 aromatic rings. The Labute approximate surface area is 114 Å². The molecule has 3 N–H and O–H groups in total. The van der Waals surface area contributed by atoms with Gasteiger partial charge in [0.25, 0.3) is 5.95 Å². The molecule has 0 bridgehead atoms. The first-order chi connectivity index (χ1) is 9.81. The minimum atomic E-state index is 0.144. The SMILES string of the molecule is Nc1nc(NCCc2ccco2)nc(-n2cccn2)n1. The topological polar surface area (TPSA) is 108 Å². The average Bonchev–Trinajstić information content (AvgIpc) is 3.11. The molecule has 0 amide bonds. The highest BCUT2D eigenvalue weighted by atomic mass is 16.3. The van der Waals surface area contributed by atoms with E-state index < -0.39 is 0 Å². The van der Waals surface area contributed by atoms with Gasteiger partial charge in [0.1, 0.15) is 5.76 Å². The van der Waals surface area contributed by atoms with E-state index in [2.05, 4.69) is 25.4 Å². The number of nitrogen functional groups attached to an aromatic ring is 1. The largest absolute Gasteiger partial charge is 0.469 e. The van der Waals surface area contributed by atoms with Crippen LogP contribution in [0.3, 0.4) is 0 Å². The summed E-state index contributed by atoms with van der Waals surface area (Å²) in [6.07, 6.45) is 5.76. The van der Waals surface area contributed by atoms with Gasteiger partial charge in [-0.25, -0.2) is 4.68 Å². The van der Waals surface area contributed by atoms with Crippen molar-refractivity contribution in [3.8, 4) is 5.95 Å². The van der Waals surface area contributed by atoms with Gasteiger partial charge in [-0.15, -0.1) is 0 Å². The molecule has 0 spiro atoms. The number of furan rings is 1. The molecular formula is C12H13N7O. The van der Waals surface area contributed by atoms with Gasteiger partial charge in [-0.2, -0.15) is 20.1 Å². The van der Waals surface area contributed by atoms with E-state index in [1.54, 1.807) is 24.7 Å². The Bertz CT molecular complexity index is 663. The fourth-order valence-corrected chi connectivity index (χ4v) is 1.70. The second kappa shape index (κ2) is 5.39. The first kappa shape index (κ1) is 12.2. The zero-order chi connectivity index (χ0) is 13.8. The van der Waals surface area contributed by atoms with E-state index in [1.807, 2.05) is 12.1 Å². The molecule has 3 heterocycles. The highest BCUT2D eigenvalue weighted by molar-refractivity contribution is 5.34. The Kier molecular flexibility index (Phi) is 3.27. The van der Waals surface area contributed by atoms with E-state index in [4.69, 9.17) is 10.2 Å². The van der Waals surface area contributed by atoms with Crippen molar-refractivity contribution in [3.63, 3.8) is 0 Å². The molecule has 8 nitrogen and oxygen atoms in total. The van der Waals surface area contributed by atoms with Gasteiger partial charge in [0.2, 0.25) is 11.9 Å². The predicted octanol–water partition coefficient (Wildman–Crippen LogP) is 0.887. The summed E-state index contributed by atoms with van der Waals surface area (Å²) in [5.74, 6) is 1.83. The van der Waals surface area contributed by atoms with Gasteiger partial charge in [0.05, 0.1) is 6.26 Å². The maximum Gasteiger partial charge on any atom is 0.257 e. The number of nitrogens with zero attached hydrogens (tertiary/aromatic N) is 5. The molecule has 0 aliphatic rings. The van der Waals surface area contributed by atoms with Crippen LogP contribution in [0.4, 0.5) is 11.9 Å². The summed E-state index contributed by atoms with van der Waals surface area (Å²) in [5, 5.41) is 7.14. The summed E-state index contributed by atoms with van der Waals surface area (Å²) >= 11 is 0. The molecule has 3 rings (SSSR count). The highest BCUT2D eigenvalue weighted by Crippen LogP contribution is 2.07. The normalized spacial score (nSPS) is 10.6. The molecule has 20 heavy (non-hydrogen) atoms. The molecule has 8 heteroatoms. The minimum absolute atomic E-state index is 0.144. The van der Waals surface area contributed by atoms with Gasteiger partial charge < -0.3 is 15.5 Å². The Hall–Kier alpha value is -2.90. The lowest BCUT2D eigenvalue weighted by Crippen LogP contribution is -2.13. The molecule has 0 unspecified atom stereocenters. The lowest BCUT2D eigenvalue weighted by atomic mass is 10.3. The molecule has 3 aromatic heterocycles. The number of hydrogen-bond acceptors (Lipinski definition) is 7. The first-order valence-corrected chi connectivity index (χ1v) is 6.09. The van der Waals surface area contributed by atoms with Crippen molar-refractivity contribution in [1.82, 2.24) is 24.7 Å². The van der Waals surface area contributed by atoms with Crippen LogP contribution in [0.25, 0.3) is 5.95 Å². The third-order valence-electron chi connectivity index (χ3n) is 2.58. The predicted molar refractivity (Wildman–Crippen MR) is 72.3 cm³/mol. The van der Waals surface area contributed by atoms with E-state index in [1.165, 1.54) is 4.68 Å². The zero-order valence-corrected chi connectivity index (χ0v) is 10.6. The van der Waals surface area contributed by atoms with Gasteiger partial charge >= 0.3 is 0 Å². The third-order valence-corrected chi connectivity index (χ3v) is 2.58. The van der Waals surface area contributed by atoms with Crippen molar-refractivity contribution in [1.29, 1.82) is 0 Å². The van der Waals surface area contributed by atoms with Crippen molar-refractivity contribution in [2.45, 2.75) is 6.42 Å². The third kappa shape index (κ3) is 2.74. The molecule has 0 saturated carbocycles. The van der Waals surface area contributed by atoms with E-state index >= 15 is 0 Å². The fraction of sp³-hybridized carbons (Fsp3) is 0.167. The van der Waals surface area contributed by atoms with Crippen molar-refractivity contribution in [2.75, 3.05) is 17.6 Å². The van der Waals surface area contributed by atoms with Crippen molar-refractivity contribution in [3.05, 3.63) is 42.6 Å². The monoisotopic (exact) mass is 271 g/mol. The standard InChI is InChI=1S/C12H13N7O/c13-10-16-11(14-6-4-9-3-1-8-20-9)18-12(17-10)19-7-2-5-15-19/h1-3,5,7-8H,4,6H2,(H3,13,14,16,17,18). The Morgan fingerprint density at radius 3 is 2.95 bits per heavy atom. The second-order valence-corrected chi connectivity index (χ2v) is 4.02. The van der Waals surface area contributed by atoms with Gasteiger partial charge in [0.15, 0.2) is 0 Å². The quantitative estimate of drug-likeness (QED) is 0.709. The Balaban J connectivity index is 1.70. The van der Waals surface area contributed by atoms with E-state index in [9.17, 15) is 0 Å². The Morgan fingerprint density at radius 1 is 1.25 bits per heavy atom. The number of aromatic nitrogens is 5. The smallest absolute Gasteiger partial charge is 0.257 e. The second-order valence-electron chi connectivity index (χ2n) is 4.02. The van der Waals surface area contributed by atoms with Gasteiger partial charge in [-0.1, -0.05) is 0 Å². The van der Waals surface area contributed by atoms with Gasteiger partial charge in [0, 0.05) is 25.4 Å². The number of rotatable bonds is 5. The van der Waals surface area contributed by atoms with Crippen LogP contribution in [0.15, 0.2) is 41.3 Å². The summed E-state index contributed by atoms with van der Waals surface area (Å²) in [5.41, 5.74) is 5.67. The maximum atomic E-state index is 5.67. The summed E-state index contributed by atoms with van der Waals surface area (Å²) in [7, 11) is 0. The molecule has 0 atom stereocenters. The van der Waals surface area contributed by atoms with Crippen LogP contribution in [0.2, 0.25) is 0 Å². The van der Waals surface area contributed by atoms with Crippen LogP contribution in [0.5, 0.6) is 0 Å².